The lowest BCUT2D eigenvalue weighted by atomic mass is 10.3. The Bertz CT molecular complexity index is 365. The molecule has 62 valence electrons. The van der Waals surface area contributed by atoms with Crippen LogP contribution in [-0.4, -0.2) is 4.98 Å². The van der Waals surface area contributed by atoms with E-state index in [1.807, 2.05) is 0 Å². The second-order valence-corrected chi connectivity index (χ2v) is 2.69. The molecule has 0 aromatic carbocycles. The fourth-order valence-electron chi connectivity index (χ4n) is 0.668. The Kier molecular flexibility index (Phi) is 2.91. The van der Waals surface area contributed by atoms with Crippen molar-refractivity contribution in [3.63, 3.8) is 0 Å². The molecule has 0 aliphatic heterocycles. The highest BCUT2D eigenvalue weighted by Gasteiger charge is 2.06. The molecule has 0 spiro atoms. The van der Waals surface area contributed by atoms with Crippen LogP contribution in [0.15, 0.2) is 6.07 Å². The van der Waals surface area contributed by atoms with Gasteiger partial charge < -0.3 is 0 Å². The predicted molar refractivity (Wildman–Crippen MR) is 46.8 cm³/mol. The van der Waals surface area contributed by atoms with Crippen LogP contribution in [0.25, 0.3) is 0 Å². The maximum atomic E-state index is 12.8. The van der Waals surface area contributed by atoms with E-state index in [0.29, 0.717) is 5.56 Å². The molecule has 0 saturated carbocycles. The first-order valence-corrected chi connectivity index (χ1v) is 3.85. The molecule has 0 saturated heterocycles. The fraction of sp³-hybridized carbons (Fsp3) is 0.125. The first-order chi connectivity index (χ1) is 5.65. The summed E-state index contributed by atoms with van der Waals surface area (Å²) in [6, 6.07) is 1.16. The van der Waals surface area contributed by atoms with E-state index in [9.17, 15) is 4.39 Å². The zero-order valence-electron chi connectivity index (χ0n) is 6.16. The van der Waals surface area contributed by atoms with Crippen molar-refractivity contribution in [3.05, 3.63) is 27.8 Å². The van der Waals surface area contributed by atoms with Crippen molar-refractivity contribution in [2.45, 2.75) is 6.92 Å². The smallest absolute Gasteiger partial charge is 0.166 e. The molecule has 0 bridgehead atoms. The number of nitrogens with zero attached hydrogens (tertiary/aromatic N) is 1. The molecule has 4 heteroatoms. The second kappa shape index (κ2) is 3.75. The van der Waals surface area contributed by atoms with Gasteiger partial charge in [0, 0.05) is 0 Å². The molecule has 1 nitrogen and oxygen atoms in total. The number of hydrogen-bond donors (Lipinski definition) is 0. The summed E-state index contributed by atoms with van der Waals surface area (Å²) in [5.41, 5.74) is 0.348. The summed E-state index contributed by atoms with van der Waals surface area (Å²) in [6.07, 6.45) is 0. The monoisotopic (exact) mass is 203 g/mol. The zero-order valence-corrected chi connectivity index (χ0v) is 7.67. The van der Waals surface area contributed by atoms with Crippen LogP contribution in [0.5, 0.6) is 0 Å². The third-order valence-corrected chi connectivity index (χ3v) is 1.70. The fourth-order valence-corrected chi connectivity index (χ4v) is 1.04. The Balaban J connectivity index is 3.29. The number of pyridine rings is 1. The Morgan fingerprint density at radius 1 is 1.42 bits per heavy atom. The quantitative estimate of drug-likeness (QED) is 0.467. The lowest BCUT2D eigenvalue weighted by molar-refractivity contribution is 0.621. The van der Waals surface area contributed by atoms with Gasteiger partial charge in [0.1, 0.15) is 5.15 Å². The molecule has 0 fully saturated rings. The molecule has 0 radical (unpaired) electrons. The van der Waals surface area contributed by atoms with Gasteiger partial charge in [-0.1, -0.05) is 29.1 Å². The SMILES string of the molecule is CC#Cc1cc(F)c(Cl)nc1Cl. The Hall–Kier alpha value is -0.780. The molecule has 1 rings (SSSR count). The number of halogens is 3. The first-order valence-electron chi connectivity index (χ1n) is 3.09. The topological polar surface area (TPSA) is 12.9 Å². The van der Waals surface area contributed by atoms with Crippen LogP contribution in [-0.2, 0) is 0 Å². The summed E-state index contributed by atoms with van der Waals surface area (Å²) in [5.74, 6) is 4.58. The van der Waals surface area contributed by atoms with Crippen LogP contribution in [0.1, 0.15) is 12.5 Å². The van der Waals surface area contributed by atoms with Crippen molar-refractivity contribution in [2.24, 2.45) is 0 Å². The van der Waals surface area contributed by atoms with E-state index in [-0.39, 0.29) is 10.3 Å². The molecular weight excluding hydrogens is 200 g/mol. The van der Waals surface area contributed by atoms with Gasteiger partial charge in [-0.25, -0.2) is 9.37 Å². The maximum Gasteiger partial charge on any atom is 0.166 e. The average molecular weight is 204 g/mol. The van der Waals surface area contributed by atoms with Crippen LogP contribution in [0.3, 0.4) is 0 Å². The highest BCUT2D eigenvalue weighted by molar-refractivity contribution is 6.33. The third-order valence-electron chi connectivity index (χ3n) is 1.15. The van der Waals surface area contributed by atoms with E-state index in [0.717, 1.165) is 6.07 Å². The number of aromatic nitrogens is 1. The Morgan fingerprint density at radius 3 is 2.67 bits per heavy atom. The average Bonchev–Trinajstić information content (AvgIpc) is 2.01. The van der Waals surface area contributed by atoms with Crippen molar-refractivity contribution >= 4 is 23.2 Å². The van der Waals surface area contributed by atoms with Gasteiger partial charge in [-0.15, -0.1) is 5.92 Å². The summed E-state index contributed by atoms with van der Waals surface area (Å²) in [7, 11) is 0. The standard InChI is InChI=1S/C8H4Cl2FN/c1-2-3-5-4-6(11)8(10)12-7(5)9/h4H,1H3. The molecule has 0 unspecified atom stereocenters. The van der Waals surface area contributed by atoms with E-state index in [4.69, 9.17) is 23.2 Å². The number of hydrogen-bond acceptors (Lipinski definition) is 1. The van der Waals surface area contributed by atoms with Gasteiger partial charge >= 0.3 is 0 Å². The molecule has 0 aliphatic rings. The van der Waals surface area contributed by atoms with Crippen LogP contribution >= 0.6 is 23.2 Å². The Morgan fingerprint density at radius 2 is 2.08 bits per heavy atom. The molecule has 0 amide bonds. The summed E-state index contributed by atoms with van der Waals surface area (Å²) in [6.45, 7) is 1.63. The van der Waals surface area contributed by atoms with Crippen LogP contribution < -0.4 is 0 Å². The highest BCUT2D eigenvalue weighted by Crippen LogP contribution is 2.19. The largest absolute Gasteiger partial charge is 0.220 e. The van der Waals surface area contributed by atoms with Crippen molar-refractivity contribution < 1.29 is 4.39 Å². The van der Waals surface area contributed by atoms with Crippen molar-refractivity contribution in [1.29, 1.82) is 0 Å². The third kappa shape index (κ3) is 1.88. The van der Waals surface area contributed by atoms with Crippen molar-refractivity contribution in [1.82, 2.24) is 4.98 Å². The minimum atomic E-state index is -0.612. The van der Waals surface area contributed by atoms with Crippen molar-refractivity contribution in [3.8, 4) is 11.8 Å². The Labute approximate surface area is 79.5 Å². The van der Waals surface area contributed by atoms with Gasteiger partial charge in [-0.05, 0) is 13.0 Å². The molecule has 1 heterocycles. The second-order valence-electron chi connectivity index (χ2n) is 1.97. The normalized spacial score (nSPS) is 9.00. The van der Waals surface area contributed by atoms with Crippen LogP contribution in [0.2, 0.25) is 10.3 Å². The van der Waals surface area contributed by atoms with Gasteiger partial charge in [0.15, 0.2) is 11.0 Å². The minimum Gasteiger partial charge on any atom is -0.220 e. The lowest BCUT2D eigenvalue weighted by Crippen LogP contribution is -1.87. The van der Waals surface area contributed by atoms with E-state index in [1.54, 1.807) is 6.92 Å². The van der Waals surface area contributed by atoms with Gasteiger partial charge in [0.05, 0.1) is 5.56 Å². The molecule has 1 aromatic heterocycles. The van der Waals surface area contributed by atoms with Gasteiger partial charge in [0.2, 0.25) is 0 Å². The molecule has 0 N–H and O–H groups in total. The summed E-state index contributed by atoms with van der Waals surface area (Å²) >= 11 is 11.0. The molecule has 0 atom stereocenters. The van der Waals surface area contributed by atoms with Gasteiger partial charge in [0.25, 0.3) is 0 Å². The lowest BCUT2D eigenvalue weighted by Gasteiger charge is -1.96. The molecule has 1 aromatic rings. The van der Waals surface area contributed by atoms with Crippen LogP contribution in [0, 0.1) is 17.7 Å². The summed E-state index contributed by atoms with van der Waals surface area (Å²) in [4.78, 5) is 3.55. The van der Waals surface area contributed by atoms with E-state index >= 15 is 0 Å². The van der Waals surface area contributed by atoms with E-state index in [1.165, 1.54) is 0 Å². The maximum absolute atomic E-state index is 12.8. The van der Waals surface area contributed by atoms with E-state index in [2.05, 4.69) is 16.8 Å². The molecular formula is C8H4Cl2FN. The van der Waals surface area contributed by atoms with Gasteiger partial charge in [-0.2, -0.15) is 0 Å². The molecule has 12 heavy (non-hydrogen) atoms. The van der Waals surface area contributed by atoms with Gasteiger partial charge in [-0.3, -0.25) is 0 Å². The van der Waals surface area contributed by atoms with E-state index < -0.39 is 5.82 Å². The van der Waals surface area contributed by atoms with Crippen molar-refractivity contribution in [2.75, 3.05) is 0 Å². The number of rotatable bonds is 0. The van der Waals surface area contributed by atoms with Crippen LogP contribution in [0.4, 0.5) is 4.39 Å². The minimum absolute atomic E-state index is 0.121. The zero-order chi connectivity index (χ0) is 9.14. The predicted octanol–water partition coefficient (Wildman–Crippen LogP) is 2.90. The first kappa shape index (κ1) is 9.31. The summed E-state index contributed by atoms with van der Waals surface area (Å²) < 4.78 is 12.8. The highest BCUT2D eigenvalue weighted by atomic mass is 35.5. The molecule has 0 aliphatic carbocycles. The summed E-state index contributed by atoms with van der Waals surface area (Å²) in [5, 5.41) is -0.114.